The lowest BCUT2D eigenvalue weighted by atomic mass is 10.0. The van der Waals surface area contributed by atoms with Crippen molar-refractivity contribution in [3.05, 3.63) is 36.5 Å². The third-order valence-electron chi connectivity index (χ3n) is 3.84. The first kappa shape index (κ1) is 21.6. The fraction of sp³-hybridized carbons (Fsp3) is 0.650. The van der Waals surface area contributed by atoms with Crippen LogP contribution in [0.4, 0.5) is 0 Å². The normalized spacial score (nSPS) is 13.5. The molecule has 1 atom stereocenters. The summed E-state index contributed by atoms with van der Waals surface area (Å²) in [5, 5.41) is 17.8. The summed E-state index contributed by atoms with van der Waals surface area (Å²) in [5.41, 5.74) is 0. The van der Waals surface area contributed by atoms with Crippen LogP contribution in [0.1, 0.15) is 77.6 Å². The number of aliphatic carboxylic acids is 1. The second-order valence-electron chi connectivity index (χ2n) is 5.98. The molecule has 0 heterocycles. The van der Waals surface area contributed by atoms with Crippen LogP contribution in [0.25, 0.3) is 0 Å². The second kappa shape index (κ2) is 17.0. The minimum atomic E-state index is -0.919. The third kappa shape index (κ3) is 18.6. The van der Waals surface area contributed by atoms with Crippen molar-refractivity contribution in [3.8, 4) is 0 Å². The van der Waals surface area contributed by atoms with Crippen LogP contribution in [0.15, 0.2) is 36.5 Å². The molecule has 0 aliphatic rings. The van der Waals surface area contributed by atoms with E-state index in [4.69, 9.17) is 5.11 Å². The van der Waals surface area contributed by atoms with Crippen molar-refractivity contribution in [1.29, 1.82) is 0 Å². The first-order valence-electron chi connectivity index (χ1n) is 9.07. The van der Waals surface area contributed by atoms with Gasteiger partial charge in [-0.15, -0.1) is 0 Å². The molecule has 0 spiro atoms. The van der Waals surface area contributed by atoms with Crippen molar-refractivity contribution in [2.45, 2.75) is 83.7 Å². The molecule has 0 aromatic carbocycles. The van der Waals surface area contributed by atoms with E-state index in [1.807, 2.05) is 19.1 Å². The predicted molar refractivity (Wildman–Crippen MR) is 97.5 cm³/mol. The molecule has 0 saturated carbocycles. The summed E-state index contributed by atoms with van der Waals surface area (Å²) < 4.78 is 0. The van der Waals surface area contributed by atoms with Gasteiger partial charge in [-0.1, -0.05) is 82.2 Å². The molecular weight excluding hydrogens is 288 g/mol. The Morgan fingerprint density at radius 1 is 0.870 bits per heavy atom. The smallest absolute Gasteiger partial charge is 0.328 e. The molecule has 0 radical (unpaired) electrons. The van der Waals surface area contributed by atoms with E-state index in [9.17, 15) is 9.90 Å². The van der Waals surface area contributed by atoms with E-state index in [1.165, 1.54) is 51.0 Å². The molecule has 0 fully saturated rings. The van der Waals surface area contributed by atoms with Gasteiger partial charge in [-0.05, 0) is 25.7 Å². The minimum absolute atomic E-state index is 0.0916. The summed E-state index contributed by atoms with van der Waals surface area (Å²) in [4.78, 5) is 10.2. The molecule has 23 heavy (non-hydrogen) atoms. The van der Waals surface area contributed by atoms with Crippen molar-refractivity contribution < 1.29 is 15.0 Å². The van der Waals surface area contributed by atoms with Crippen LogP contribution < -0.4 is 0 Å². The predicted octanol–water partition coefficient (Wildman–Crippen LogP) is 5.41. The molecule has 0 aromatic rings. The second-order valence-corrected chi connectivity index (χ2v) is 5.98. The lowest BCUT2D eigenvalue weighted by Gasteiger charge is -2.06. The fourth-order valence-corrected chi connectivity index (χ4v) is 2.35. The Bertz CT molecular complexity index is 356. The molecule has 0 aliphatic carbocycles. The average Bonchev–Trinajstić information content (AvgIpc) is 2.53. The van der Waals surface area contributed by atoms with Gasteiger partial charge in [0.2, 0.25) is 0 Å². The van der Waals surface area contributed by atoms with Crippen LogP contribution in [-0.2, 0) is 4.79 Å². The van der Waals surface area contributed by atoms with Gasteiger partial charge in [0.15, 0.2) is 0 Å². The Labute approximate surface area is 141 Å². The molecule has 3 heteroatoms. The summed E-state index contributed by atoms with van der Waals surface area (Å²) >= 11 is 0. The molecule has 0 aromatic heterocycles. The molecule has 1 unspecified atom stereocenters. The Morgan fingerprint density at radius 2 is 1.43 bits per heavy atom. The monoisotopic (exact) mass is 322 g/mol. The number of hydrogen-bond donors (Lipinski definition) is 2. The summed E-state index contributed by atoms with van der Waals surface area (Å²) in [6, 6.07) is 0. The summed E-state index contributed by atoms with van der Waals surface area (Å²) in [7, 11) is 0. The molecule has 0 saturated heterocycles. The van der Waals surface area contributed by atoms with Gasteiger partial charge >= 0.3 is 5.97 Å². The molecule has 0 amide bonds. The zero-order valence-electron chi connectivity index (χ0n) is 14.6. The number of aliphatic hydroxyl groups is 1. The topological polar surface area (TPSA) is 57.5 Å². The fourth-order valence-electron chi connectivity index (χ4n) is 2.35. The number of aliphatic hydroxyl groups excluding tert-OH is 1. The molecule has 132 valence electrons. The van der Waals surface area contributed by atoms with Crippen LogP contribution in [0, 0.1) is 0 Å². The summed E-state index contributed by atoms with van der Waals surface area (Å²) in [6.07, 6.45) is 23.3. The highest BCUT2D eigenvalue weighted by Gasteiger charge is 1.99. The number of rotatable bonds is 15. The van der Waals surface area contributed by atoms with Crippen LogP contribution >= 0.6 is 0 Å². The first-order chi connectivity index (χ1) is 11.2. The van der Waals surface area contributed by atoms with Gasteiger partial charge in [0, 0.05) is 6.08 Å². The Morgan fingerprint density at radius 3 is 2.04 bits per heavy atom. The largest absolute Gasteiger partial charge is 0.478 e. The number of hydrogen-bond acceptors (Lipinski definition) is 2. The molecular formula is C20H34O3. The van der Waals surface area contributed by atoms with Gasteiger partial charge in [0.25, 0.3) is 0 Å². The van der Waals surface area contributed by atoms with Gasteiger partial charge in [-0.2, -0.15) is 0 Å². The number of unbranched alkanes of at least 4 members (excludes halogenated alkanes) is 8. The lowest BCUT2D eigenvalue weighted by molar-refractivity contribution is -0.131. The van der Waals surface area contributed by atoms with Crippen molar-refractivity contribution in [3.63, 3.8) is 0 Å². The van der Waals surface area contributed by atoms with Crippen molar-refractivity contribution in [1.82, 2.24) is 0 Å². The maximum absolute atomic E-state index is 10.2. The first-order valence-corrected chi connectivity index (χ1v) is 9.07. The number of carboxylic acids is 1. The third-order valence-corrected chi connectivity index (χ3v) is 3.84. The van der Waals surface area contributed by atoms with E-state index in [0.717, 1.165) is 31.8 Å². The van der Waals surface area contributed by atoms with Crippen LogP contribution in [0.2, 0.25) is 0 Å². The summed E-state index contributed by atoms with van der Waals surface area (Å²) in [5.74, 6) is -0.919. The number of carboxylic acid groups (broad SMARTS) is 1. The Kier molecular flexibility index (Phi) is 16.0. The van der Waals surface area contributed by atoms with E-state index < -0.39 is 5.97 Å². The van der Waals surface area contributed by atoms with E-state index in [2.05, 4.69) is 6.08 Å². The maximum atomic E-state index is 10.2. The van der Waals surface area contributed by atoms with E-state index in [0.29, 0.717) is 0 Å². The quantitative estimate of drug-likeness (QED) is 0.241. The standard InChI is InChI=1S/C20H34O3/c1-2-19(21)17-15-13-11-9-7-5-3-4-6-8-10-12-14-16-18-20(22)23/h8,10,12,14,16,18-19,21H,2-7,9,11,13,15,17H2,1H3,(H,22,23)/b10-8+,14-12+,18-16+. The van der Waals surface area contributed by atoms with Gasteiger partial charge in [-0.25, -0.2) is 4.79 Å². The zero-order valence-corrected chi connectivity index (χ0v) is 14.6. The van der Waals surface area contributed by atoms with Crippen molar-refractivity contribution >= 4 is 5.97 Å². The number of carbonyl (C=O) groups is 1. The van der Waals surface area contributed by atoms with Gasteiger partial charge < -0.3 is 10.2 Å². The number of allylic oxidation sites excluding steroid dienone is 5. The molecule has 0 rings (SSSR count). The van der Waals surface area contributed by atoms with E-state index in [-0.39, 0.29) is 6.10 Å². The summed E-state index contributed by atoms with van der Waals surface area (Å²) in [6.45, 7) is 2.03. The molecule has 3 nitrogen and oxygen atoms in total. The van der Waals surface area contributed by atoms with Gasteiger partial charge in [0.05, 0.1) is 6.10 Å². The minimum Gasteiger partial charge on any atom is -0.478 e. The van der Waals surface area contributed by atoms with E-state index >= 15 is 0 Å². The average molecular weight is 322 g/mol. The highest BCUT2D eigenvalue weighted by molar-refractivity contribution is 5.80. The Balaban J connectivity index is 3.26. The highest BCUT2D eigenvalue weighted by atomic mass is 16.4. The van der Waals surface area contributed by atoms with Gasteiger partial charge in [-0.3, -0.25) is 0 Å². The van der Waals surface area contributed by atoms with Crippen LogP contribution in [0.5, 0.6) is 0 Å². The Hall–Kier alpha value is -1.35. The molecule has 2 N–H and O–H groups in total. The van der Waals surface area contributed by atoms with Crippen LogP contribution in [0.3, 0.4) is 0 Å². The SMILES string of the molecule is CCC(O)CCCCCCCCCC/C=C/C=C/C=C/C(=O)O. The lowest BCUT2D eigenvalue weighted by Crippen LogP contribution is -2.03. The maximum Gasteiger partial charge on any atom is 0.328 e. The van der Waals surface area contributed by atoms with E-state index in [1.54, 1.807) is 6.08 Å². The highest BCUT2D eigenvalue weighted by Crippen LogP contribution is 2.12. The molecule has 0 aliphatic heterocycles. The molecule has 0 bridgehead atoms. The van der Waals surface area contributed by atoms with Crippen molar-refractivity contribution in [2.75, 3.05) is 0 Å². The van der Waals surface area contributed by atoms with Crippen molar-refractivity contribution in [2.24, 2.45) is 0 Å². The van der Waals surface area contributed by atoms with Gasteiger partial charge in [0.1, 0.15) is 0 Å². The zero-order chi connectivity index (χ0) is 17.2. The van der Waals surface area contributed by atoms with Crippen LogP contribution in [-0.4, -0.2) is 22.3 Å².